The molecule has 26 heavy (non-hydrogen) atoms. The third-order valence-corrected chi connectivity index (χ3v) is 5.98. The van der Waals surface area contributed by atoms with E-state index in [1.807, 2.05) is 21.1 Å². The van der Waals surface area contributed by atoms with Crippen molar-refractivity contribution in [2.45, 2.75) is 58.3 Å². The summed E-state index contributed by atoms with van der Waals surface area (Å²) in [6.07, 6.45) is 8.23. The van der Waals surface area contributed by atoms with Gasteiger partial charge in [-0.25, -0.2) is 13.4 Å². The lowest BCUT2D eigenvalue weighted by Gasteiger charge is -2.23. The molecule has 1 aromatic rings. The van der Waals surface area contributed by atoms with Crippen molar-refractivity contribution >= 4 is 15.6 Å². The lowest BCUT2D eigenvalue weighted by atomic mass is 10.1. The van der Waals surface area contributed by atoms with E-state index in [1.54, 1.807) is 0 Å². The van der Waals surface area contributed by atoms with Crippen LogP contribution in [0.2, 0.25) is 0 Å². The molecule has 0 aromatic carbocycles. The number of rotatable bonds is 14. The Kier molecular flexibility index (Phi) is 9.50. The highest BCUT2D eigenvalue weighted by atomic mass is 32.2. The fraction of sp³-hybridized carbons (Fsp3) is 0.789. The SMILES string of the molecule is CCCCCCCC(=O)c1ncc(CCS(=O)(=O)CCC[N+](C)(C)C)o1. The van der Waals surface area contributed by atoms with Crippen LogP contribution in [0.4, 0.5) is 0 Å². The number of hydrogen-bond donors (Lipinski definition) is 0. The average Bonchev–Trinajstić information content (AvgIpc) is 3.00. The predicted molar refractivity (Wildman–Crippen MR) is 104 cm³/mol. The quantitative estimate of drug-likeness (QED) is 0.278. The Hall–Kier alpha value is -1.21. The first-order valence-electron chi connectivity index (χ1n) is 9.62. The van der Waals surface area contributed by atoms with Gasteiger partial charge in [0, 0.05) is 19.3 Å². The highest BCUT2D eigenvalue weighted by molar-refractivity contribution is 7.91. The minimum Gasteiger partial charge on any atom is -0.439 e. The van der Waals surface area contributed by atoms with Gasteiger partial charge in [0.25, 0.3) is 5.89 Å². The molecule has 0 aliphatic carbocycles. The summed E-state index contributed by atoms with van der Waals surface area (Å²) < 4.78 is 30.4. The molecule has 0 saturated heterocycles. The minimum absolute atomic E-state index is 0.0317. The van der Waals surface area contributed by atoms with Crippen LogP contribution in [0.15, 0.2) is 10.6 Å². The predicted octanol–water partition coefficient (Wildman–Crippen LogP) is 3.27. The Labute approximate surface area is 158 Å². The van der Waals surface area contributed by atoms with Crippen molar-refractivity contribution in [1.29, 1.82) is 0 Å². The highest BCUT2D eigenvalue weighted by Gasteiger charge is 2.17. The fourth-order valence-corrected chi connectivity index (χ4v) is 3.95. The maximum atomic E-state index is 12.1. The first-order valence-corrected chi connectivity index (χ1v) is 11.4. The van der Waals surface area contributed by atoms with Crippen LogP contribution in [-0.2, 0) is 16.3 Å². The maximum Gasteiger partial charge on any atom is 0.263 e. The van der Waals surface area contributed by atoms with Crippen LogP contribution in [0, 0.1) is 0 Å². The number of Topliss-reactive ketones (excluding diaryl/α,β-unsaturated/α-hetero) is 1. The number of aromatic nitrogens is 1. The van der Waals surface area contributed by atoms with Gasteiger partial charge in [-0.15, -0.1) is 0 Å². The Morgan fingerprint density at radius 3 is 2.42 bits per heavy atom. The van der Waals surface area contributed by atoms with Crippen molar-refractivity contribution in [3.8, 4) is 0 Å². The molecule has 150 valence electrons. The second-order valence-corrected chi connectivity index (χ2v) is 10.3. The first-order chi connectivity index (χ1) is 12.1. The molecule has 1 aromatic heterocycles. The van der Waals surface area contributed by atoms with E-state index in [9.17, 15) is 13.2 Å². The molecular weight excluding hydrogens is 352 g/mol. The topological polar surface area (TPSA) is 77.2 Å². The summed E-state index contributed by atoms with van der Waals surface area (Å²) >= 11 is 0. The molecule has 6 nitrogen and oxygen atoms in total. The number of aryl methyl sites for hydroxylation is 1. The summed E-state index contributed by atoms with van der Waals surface area (Å²) in [5.74, 6) is 0.690. The van der Waals surface area contributed by atoms with Gasteiger partial charge < -0.3 is 8.90 Å². The molecule has 0 radical (unpaired) electrons. The van der Waals surface area contributed by atoms with E-state index in [1.165, 1.54) is 19.0 Å². The summed E-state index contributed by atoms with van der Waals surface area (Å²) in [5, 5.41) is 0. The van der Waals surface area contributed by atoms with Crippen LogP contribution in [0.1, 0.15) is 68.3 Å². The zero-order chi connectivity index (χ0) is 19.6. The van der Waals surface area contributed by atoms with Crippen molar-refractivity contribution < 1.29 is 22.1 Å². The zero-order valence-corrected chi connectivity index (χ0v) is 17.6. The van der Waals surface area contributed by atoms with Crippen molar-refractivity contribution in [2.75, 3.05) is 39.2 Å². The molecule has 0 fully saturated rings. The molecule has 0 aliphatic rings. The summed E-state index contributed by atoms with van der Waals surface area (Å²) in [5.41, 5.74) is 0. The summed E-state index contributed by atoms with van der Waals surface area (Å²) in [7, 11) is 3.02. The third kappa shape index (κ3) is 10.1. The number of nitrogens with zero attached hydrogens (tertiary/aromatic N) is 2. The highest BCUT2D eigenvalue weighted by Crippen LogP contribution is 2.12. The smallest absolute Gasteiger partial charge is 0.263 e. The normalized spacial score (nSPS) is 12.5. The Bertz CT molecular complexity index is 645. The van der Waals surface area contributed by atoms with Gasteiger partial charge in [0.1, 0.15) is 5.76 Å². The second kappa shape index (κ2) is 10.8. The fourth-order valence-electron chi connectivity index (χ4n) is 2.67. The van der Waals surface area contributed by atoms with E-state index < -0.39 is 9.84 Å². The lowest BCUT2D eigenvalue weighted by Crippen LogP contribution is -2.36. The molecule has 1 rings (SSSR count). The van der Waals surface area contributed by atoms with Crippen molar-refractivity contribution in [1.82, 2.24) is 4.98 Å². The molecule has 0 amide bonds. The van der Waals surface area contributed by atoms with Crippen LogP contribution in [0.3, 0.4) is 0 Å². The molecular formula is C19H35N2O4S+. The van der Waals surface area contributed by atoms with Gasteiger partial charge in [0.05, 0.1) is 45.4 Å². The van der Waals surface area contributed by atoms with E-state index in [-0.39, 0.29) is 29.6 Å². The van der Waals surface area contributed by atoms with Gasteiger partial charge in [0.15, 0.2) is 9.84 Å². The summed E-state index contributed by atoms with van der Waals surface area (Å²) in [6, 6.07) is 0. The Morgan fingerprint density at radius 2 is 1.77 bits per heavy atom. The van der Waals surface area contributed by atoms with Gasteiger partial charge in [-0.2, -0.15) is 0 Å². The van der Waals surface area contributed by atoms with E-state index in [0.29, 0.717) is 18.6 Å². The minimum atomic E-state index is -3.12. The van der Waals surface area contributed by atoms with Gasteiger partial charge in [0.2, 0.25) is 5.78 Å². The monoisotopic (exact) mass is 387 g/mol. The number of oxazole rings is 1. The van der Waals surface area contributed by atoms with Crippen LogP contribution in [0.5, 0.6) is 0 Å². The molecule has 0 atom stereocenters. The van der Waals surface area contributed by atoms with Gasteiger partial charge in [-0.05, 0) is 6.42 Å². The second-order valence-electron chi connectivity index (χ2n) is 7.99. The van der Waals surface area contributed by atoms with Crippen molar-refractivity contribution in [3.05, 3.63) is 17.8 Å². The molecule has 0 unspecified atom stereocenters. The Morgan fingerprint density at radius 1 is 1.08 bits per heavy atom. The zero-order valence-electron chi connectivity index (χ0n) is 16.8. The standard InChI is InChI=1S/C19H35N2O4S/c1-5-6-7-8-9-11-18(22)19-20-16-17(25-19)12-15-26(23,24)14-10-13-21(2,3)4/h16H,5-15H2,1-4H3/q+1. The lowest BCUT2D eigenvalue weighted by molar-refractivity contribution is -0.870. The van der Waals surface area contributed by atoms with E-state index in [0.717, 1.165) is 30.3 Å². The molecule has 0 saturated carbocycles. The first kappa shape index (κ1) is 22.8. The molecule has 0 aliphatic heterocycles. The average molecular weight is 388 g/mol. The number of ketones is 1. The Balaban J connectivity index is 2.37. The number of carbonyl (C=O) groups excluding carboxylic acids is 1. The molecule has 0 spiro atoms. The number of quaternary nitrogens is 1. The maximum absolute atomic E-state index is 12.1. The van der Waals surface area contributed by atoms with Gasteiger partial charge in [-0.3, -0.25) is 4.79 Å². The summed E-state index contributed by atoms with van der Waals surface area (Å²) in [6.45, 7) is 2.97. The largest absolute Gasteiger partial charge is 0.439 e. The van der Waals surface area contributed by atoms with E-state index >= 15 is 0 Å². The molecule has 1 heterocycles. The number of hydrogen-bond acceptors (Lipinski definition) is 5. The van der Waals surface area contributed by atoms with Crippen LogP contribution in [0.25, 0.3) is 0 Å². The van der Waals surface area contributed by atoms with Crippen LogP contribution >= 0.6 is 0 Å². The number of sulfone groups is 1. The van der Waals surface area contributed by atoms with Gasteiger partial charge >= 0.3 is 0 Å². The van der Waals surface area contributed by atoms with Gasteiger partial charge in [-0.1, -0.05) is 32.6 Å². The third-order valence-electron chi connectivity index (χ3n) is 4.24. The number of carbonyl (C=O) groups is 1. The molecule has 0 bridgehead atoms. The van der Waals surface area contributed by atoms with E-state index in [4.69, 9.17) is 4.42 Å². The van der Waals surface area contributed by atoms with Crippen LogP contribution < -0.4 is 0 Å². The molecule has 0 N–H and O–H groups in total. The number of unbranched alkanes of at least 4 members (excludes halogenated alkanes) is 4. The molecule has 7 heteroatoms. The summed E-state index contributed by atoms with van der Waals surface area (Å²) in [4.78, 5) is 16.1. The van der Waals surface area contributed by atoms with Crippen LogP contribution in [-0.4, -0.2) is 62.9 Å². The van der Waals surface area contributed by atoms with E-state index in [2.05, 4.69) is 11.9 Å². The van der Waals surface area contributed by atoms with Crippen molar-refractivity contribution in [2.24, 2.45) is 0 Å². The van der Waals surface area contributed by atoms with Crippen molar-refractivity contribution in [3.63, 3.8) is 0 Å².